The molecule has 1 heterocycles. The summed E-state index contributed by atoms with van der Waals surface area (Å²) in [6, 6.07) is -1.13. The number of rotatable bonds is 8. The van der Waals surface area contributed by atoms with Crippen LogP contribution in [0.3, 0.4) is 0 Å². The van der Waals surface area contributed by atoms with Gasteiger partial charge in [-0.1, -0.05) is 0 Å². The van der Waals surface area contributed by atoms with Crippen LogP contribution in [0.5, 0.6) is 0 Å². The van der Waals surface area contributed by atoms with E-state index in [-0.39, 0.29) is 30.2 Å². The van der Waals surface area contributed by atoms with Gasteiger partial charge in [0.2, 0.25) is 6.33 Å². The summed E-state index contributed by atoms with van der Waals surface area (Å²) in [6.45, 7) is 4.70. The number of aryl methyl sites for hydroxylation is 1. The standard InChI is InChI=1S/C13H21N2O5.BrH/c1-4-18-8-9-20-13(17)11(12(16)19-5-2)15-7-6-14(3)10-15;/h6-7,10-11H,4-5,8-9H2,1-3H3;1H/q+1;/p-1/t11-;/m1./s1. The van der Waals surface area contributed by atoms with E-state index in [4.69, 9.17) is 14.2 Å². The molecule has 0 unspecified atom stereocenters. The van der Waals surface area contributed by atoms with E-state index in [9.17, 15) is 9.59 Å². The molecule has 0 aliphatic heterocycles. The number of ether oxygens (including phenoxy) is 3. The van der Waals surface area contributed by atoms with E-state index >= 15 is 0 Å². The maximum atomic E-state index is 12.0. The third-order valence-electron chi connectivity index (χ3n) is 2.50. The van der Waals surface area contributed by atoms with Gasteiger partial charge in [-0.25, -0.2) is 18.7 Å². The number of halogens is 1. The molecule has 0 bridgehead atoms. The van der Waals surface area contributed by atoms with Crippen LogP contribution in [0.4, 0.5) is 0 Å². The summed E-state index contributed by atoms with van der Waals surface area (Å²) in [5.74, 6) is -1.29. The van der Waals surface area contributed by atoms with Crippen molar-refractivity contribution >= 4 is 11.9 Å². The second-order valence-electron chi connectivity index (χ2n) is 4.05. The van der Waals surface area contributed by atoms with Crippen LogP contribution in [0.25, 0.3) is 0 Å². The van der Waals surface area contributed by atoms with E-state index in [0.717, 1.165) is 0 Å². The third kappa shape index (κ3) is 6.26. The molecule has 0 N–H and O–H groups in total. The van der Waals surface area contributed by atoms with Crippen molar-refractivity contribution in [3.63, 3.8) is 0 Å². The van der Waals surface area contributed by atoms with Gasteiger partial charge >= 0.3 is 11.9 Å². The van der Waals surface area contributed by atoms with Crippen LogP contribution in [0.15, 0.2) is 18.7 Å². The molecule has 0 aromatic carbocycles. The molecule has 0 saturated heterocycles. The van der Waals surface area contributed by atoms with Crippen LogP contribution < -0.4 is 21.5 Å². The van der Waals surface area contributed by atoms with Crippen LogP contribution in [0.1, 0.15) is 19.9 Å². The van der Waals surface area contributed by atoms with Crippen molar-refractivity contribution in [2.24, 2.45) is 7.05 Å². The fraction of sp³-hybridized carbons (Fsp3) is 0.615. The van der Waals surface area contributed by atoms with E-state index in [1.807, 2.05) is 6.92 Å². The van der Waals surface area contributed by atoms with Crippen molar-refractivity contribution < 1.29 is 45.3 Å². The van der Waals surface area contributed by atoms with Crippen molar-refractivity contribution in [1.29, 1.82) is 0 Å². The first-order valence-electron chi connectivity index (χ1n) is 6.53. The summed E-state index contributed by atoms with van der Waals surface area (Å²) < 4.78 is 18.2. The summed E-state index contributed by atoms with van der Waals surface area (Å²) in [5.41, 5.74) is 0. The minimum atomic E-state index is -1.13. The Morgan fingerprint density at radius 3 is 2.33 bits per heavy atom. The SMILES string of the molecule is CCOCCOC(=O)[C@@H](C(=O)OCC)n1cc[n+](C)c1.[Br-]. The molecule has 120 valence electrons. The third-order valence-corrected chi connectivity index (χ3v) is 2.50. The number of imidazole rings is 1. The van der Waals surface area contributed by atoms with Crippen LogP contribution in [0.2, 0.25) is 0 Å². The van der Waals surface area contributed by atoms with Crippen molar-refractivity contribution in [2.45, 2.75) is 19.9 Å². The van der Waals surface area contributed by atoms with Crippen molar-refractivity contribution in [2.75, 3.05) is 26.4 Å². The summed E-state index contributed by atoms with van der Waals surface area (Å²) in [4.78, 5) is 23.9. The highest BCUT2D eigenvalue weighted by molar-refractivity contribution is 5.97. The maximum absolute atomic E-state index is 12.0. The predicted molar refractivity (Wildman–Crippen MR) is 68.7 cm³/mol. The Morgan fingerprint density at radius 2 is 1.81 bits per heavy atom. The number of hydrogen-bond acceptors (Lipinski definition) is 5. The molecular weight excluding hydrogens is 344 g/mol. The van der Waals surface area contributed by atoms with E-state index in [2.05, 4.69) is 0 Å². The van der Waals surface area contributed by atoms with Gasteiger partial charge in [0.1, 0.15) is 19.0 Å². The van der Waals surface area contributed by atoms with Gasteiger partial charge < -0.3 is 31.2 Å². The molecular formula is C13H21BrN2O5. The molecule has 0 fully saturated rings. The monoisotopic (exact) mass is 364 g/mol. The fourth-order valence-corrected chi connectivity index (χ4v) is 1.61. The normalized spacial score (nSPS) is 11.4. The van der Waals surface area contributed by atoms with Gasteiger partial charge in [-0.05, 0) is 13.8 Å². The lowest BCUT2D eigenvalue weighted by Gasteiger charge is -2.12. The minimum Gasteiger partial charge on any atom is -1.00 e. The fourth-order valence-electron chi connectivity index (χ4n) is 1.61. The maximum Gasteiger partial charge on any atom is 0.363 e. The van der Waals surface area contributed by atoms with Gasteiger partial charge in [0.05, 0.1) is 20.3 Å². The molecule has 8 heteroatoms. The number of esters is 2. The molecule has 0 aliphatic carbocycles. The number of hydrogen-bond donors (Lipinski definition) is 0. The highest BCUT2D eigenvalue weighted by Gasteiger charge is 2.36. The predicted octanol–water partition coefficient (Wildman–Crippen LogP) is -3.00. The van der Waals surface area contributed by atoms with Gasteiger partial charge in [0, 0.05) is 6.61 Å². The molecule has 0 amide bonds. The van der Waals surface area contributed by atoms with E-state index in [1.165, 1.54) is 4.57 Å². The molecule has 0 aliphatic rings. The second-order valence-corrected chi connectivity index (χ2v) is 4.05. The van der Waals surface area contributed by atoms with Gasteiger partial charge in [0.15, 0.2) is 0 Å². The largest absolute Gasteiger partial charge is 1.00 e. The first-order valence-corrected chi connectivity index (χ1v) is 6.53. The van der Waals surface area contributed by atoms with E-state index in [0.29, 0.717) is 13.2 Å². The zero-order valence-corrected chi connectivity index (χ0v) is 14.0. The minimum absolute atomic E-state index is 0. The molecule has 1 aromatic rings. The molecule has 21 heavy (non-hydrogen) atoms. The summed E-state index contributed by atoms with van der Waals surface area (Å²) in [6.07, 6.45) is 4.95. The lowest BCUT2D eigenvalue weighted by molar-refractivity contribution is -0.671. The van der Waals surface area contributed by atoms with E-state index in [1.54, 1.807) is 37.3 Å². The van der Waals surface area contributed by atoms with Gasteiger partial charge in [-0.2, -0.15) is 0 Å². The van der Waals surface area contributed by atoms with Crippen LogP contribution in [-0.2, 0) is 30.8 Å². The van der Waals surface area contributed by atoms with Crippen LogP contribution >= 0.6 is 0 Å². The zero-order chi connectivity index (χ0) is 15.0. The average molecular weight is 365 g/mol. The van der Waals surface area contributed by atoms with Crippen LogP contribution in [-0.4, -0.2) is 42.9 Å². The molecule has 7 nitrogen and oxygen atoms in total. The summed E-state index contributed by atoms with van der Waals surface area (Å²) in [5, 5.41) is 0. The first kappa shape index (κ1) is 19.6. The Morgan fingerprint density at radius 1 is 1.14 bits per heavy atom. The second kappa shape index (κ2) is 10.3. The van der Waals surface area contributed by atoms with Crippen LogP contribution in [0, 0.1) is 0 Å². The lowest BCUT2D eigenvalue weighted by atomic mass is 10.3. The molecule has 1 atom stereocenters. The smallest absolute Gasteiger partial charge is 0.363 e. The molecule has 0 saturated carbocycles. The summed E-state index contributed by atoms with van der Waals surface area (Å²) in [7, 11) is 1.79. The van der Waals surface area contributed by atoms with Gasteiger partial charge in [-0.3, -0.25) is 0 Å². The molecule has 1 rings (SSSR count). The number of nitrogens with zero attached hydrogens (tertiary/aromatic N) is 2. The van der Waals surface area contributed by atoms with Crippen molar-refractivity contribution in [3.05, 3.63) is 18.7 Å². The molecule has 1 aromatic heterocycles. The van der Waals surface area contributed by atoms with Crippen molar-refractivity contribution in [1.82, 2.24) is 4.57 Å². The van der Waals surface area contributed by atoms with Crippen molar-refractivity contribution in [3.8, 4) is 0 Å². The number of carbonyl (C=O) groups is 2. The Labute approximate surface area is 134 Å². The highest BCUT2D eigenvalue weighted by atomic mass is 79.9. The Hall–Kier alpha value is -1.41. The number of aromatic nitrogens is 2. The highest BCUT2D eigenvalue weighted by Crippen LogP contribution is 2.10. The lowest BCUT2D eigenvalue weighted by Crippen LogP contribution is -3.00. The summed E-state index contributed by atoms with van der Waals surface area (Å²) >= 11 is 0. The first-order chi connectivity index (χ1) is 9.60. The zero-order valence-electron chi connectivity index (χ0n) is 12.5. The molecule has 0 spiro atoms. The van der Waals surface area contributed by atoms with Gasteiger partial charge in [0.25, 0.3) is 6.04 Å². The quantitative estimate of drug-likeness (QED) is 0.213. The Kier molecular flexibility index (Phi) is 9.64. The van der Waals surface area contributed by atoms with Gasteiger partial charge in [-0.15, -0.1) is 0 Å². The Balaban J connectivity index is 0.00000400. The molecule has 0 radical (unpaired) electrons. The van der Waals surface area contributed by atoms with E-state index < -0.39 is 18.0 Å². The topological polar surface area (TPSA) is 70.6 Å². The number of carbonyl (C=O) groups excluding carboxylic acids is 2. The average Bonchev–Trinajstić information content (AvgIpc) is 2.81. The Bertz CT molecular complexity index is 450.